The summed E-state index contributed by atoms with van der Waals surface area (Å²) in [6, 6.07) is 2.77. The fourth-order valence-electron chi connectivity index (χ4n) is 1.64. The molecule has 21 heavy (non-hydrogen) atoms. The minimum absolute atomic E-state index is 0.0885. The second kappa shape index (κ2) is 9.16. The number of rotatable bonds is 11. The van der Waals surface area contributed by atoms with Crippen molar-refractivity contribution in [2.45, 2.75) is 31.5 Å². The van der Waals surface area contributed by atoms with Crippen LogP contribution in [0.5, 0.6) is 0 Å². The van der Waals surface area contributed by atoms with Crippen LogP contribution < -0.4 is 10.0 Å². The van der Waals surface area contributed by atoms with E-state index >= 15 is 0 Å². The third kappa shape index (κ3) is 6.58. The highest BCUT2D eigenvalue weighted by Gasteiger charge is 2.21. The molecule has 1 unspecified atom stereocenters. The van der Waals surface area contributed by atoms with Crippen LogP contribution in [0, 0.1) is 0 Å². The molecule has 0 radical (unpaired) electrons. The van der Waals surface area contributed by atoms with Crippen molar-refractivity contribution < 1.29 is 22.3 Å². The van der Waals surface area contributed by atoms with Gasteiger partial charge in [0.2, 0.25) is 5.09 Å². The first kappa shape index (κ1) is 18.1. The first-order valence-corrected chi connectivity index (χ1v) is 8.36. The lowest BCUT2D eigenvalue weighted by Gasteiger charge is -2.12. The minimum Gasteiger partial charge on any atom is -0.447 e. The summed E-state index contributed by atoms with van der Waals surface area (Å²) in [7, 11) is -2.03. The van der Waals surface area contributed by atoms with Gasteiger partial charge in [-0.15, -0.1) is 0 Å². The average molecular weight is 320 g/mol. The molecule has 0 saturated carbocycles. The largest absolute Gasteiger partial charge is 0.447 e. The summed E-state index contributed by atoms with van der Waals surface area (Å²) >= 11 is 0. The van der Waals surface area contributed by atoms with Gasteiger partial charge in [-0.05, 0) is 26.0 Å². The Morgan fingerprint density at radius 2 is 2.14 bits per heavy atom. The van der Waals surface area contributed by atoms with E-state index in [1.165, 1.54) is 6.07 Å². The van der Waals surface area contributed by atoms with E-state index in [9.17, 15) is 8.42 Å². The summed E-state index contributed by atoms with van der Waals surface area (Å²) in [4.78, 5) is 0. The van der Waals surface area contributed by atoms with Gasteiger partial charge in [0.1, 0.15) is 5.76 Å². The summed E-state index contributed by atoms with van der Waals surface area (Å²) in [6.07, 6.45) is 0. The summed E-state index contributed by atoms with van der Waals surface area (Å²) in [6.45, 7) is 6.17. The molecule has 8 heteroatoms. The van der Waals surface area contributed by atoms with Crippen molar-refractivity contribution in [3.8, 4) is 0 Å². The van der Waals surface area contributed by atoms with Crippen LogP contribution in [0.2, 0.25) is 0 Å². The molecule has 0 aliphatic rings. The second-order valence-corrected chi connectivity index (χ2v) is 6.22. The van der Waals surface area contributed by atoms with E-state index < -0.39 is 10.0 Å². The molecule has 0 aliphatic heterocycles. The molecule has 0 bridgehead atoms. The van der Waals surface area contributed by atoms with Crippen molar-refractivity contribution >= 4 is 10.0 Å². The Hall–Kier alpha value is -0.930. The predicted molar refractivity (Wildman–Crippen MR) is 78.6 cm³/mol. The van der Waals surface area contributed by atoms with Crippen LogP contribution in [0.15, 0.2) is 21.6 Å². The summed E-state index contributed by atoms with van der Waals surface area (Å²) in [5, 5.41) is 2.99. The average Bonchev–Trinajstić information content (AvgIpc) is 2.90. The lowest BCUT2D eigenvalue weighted by molar-refractivity contribution is 0.133. The Balaban J connectivity index is 2.53. The van der Waals surface area contributed by atoms with Gasteiger partial charge in [-0.2, -0.15) is 0 Å². The summed E-state index contributed by atoms with van der Waals surface area (Å²) in [5.41, 5.74) is 0. The maximum Gasteiger partial charge on any atom is 0.274 e. The minimum atomic E-state index is -3.65. The maximum absolute atomic E-state index is 12.1. The molecule has 122 valence electrons. The van der Waals surface area contributed by atoms with Crippen LogP contribution in [0.1, 0.15) is 19.6 Å². The molecule has 2 N–H and O–H groups in total. The van der Waals surface area contributed by atoms with Gasteiger partial charge in [0.05, 0.1) is 19.8 Å². The number of furan rings is 1. The lowest BCUT2D eigenvalue weighted by atomic mass is 10.4. The topological polar surface area (TPSA) is 89.8 Å². The second-order valence-electron chi connectivity index (χ2n) is 4.57. The third-order valence-corrected chi connectivity index (χ3v) is 4.07. The van der Waals surface area contributed by atoms with Crippen LogP contribution in [-0.2, 0) is 26.0 Å². The maximum atomic E-state index is 12.1. The van der Waals surface area contributed by atoms with Crippen molar-refractivity contribution in [3.63, 3.8) is 0 Å². The fourth-order valence-corrected chi connectivity index (χ4v) is 2.81. The lowest BCUT2D eigenvalue weighted by Crippen LogP contribution is -2.35. The molecule has 0 saturated heterocycles. The molecule has 0 spiro atoms. The van der Waals surface area contributed by atoms with E-state index in [1.807, 2.05) is 6.92 Å². The van der Waals surface area contributed by atoms with E-state index in [0.29, 0.717) is 38.7 Å². The van der Waals surface area contributed by atoms with Gasteiger partial charge in [0.25, 0.3) is 10.0 Å². The van der Waals surface area contributed by atoms with Gasteiger partial charge in [-0.1, -0.05) is 0 Å². The zero-order valence-electron chi connectivity index (χ0n) is 12.7. The highest BCUT2D eigenvalue weighted by atomic mass is 32.2. The molecule has 0 amide bonds. The first-order chi connectivity index (χ1) is 9.99. The van der Waals surface area contributed by atoms with E-state index in [4.69, 9.17) is 13.9 Å². The number of hydrogen-bond donors (Lipinski definition) is 2. The molecular formula is C13H24N2O5S. The van der Waals surface area contributed by atoms with Crippen molar-refractivity contribution in [2.75, 3.05) is 33.5 Å². The van der Waals surface area contributed by atoms with E-state index in [-0.39, 0.29) is 11.1 Å². The van der Waals surface area contributed by atoms with Crippen LogP contribution in [0.3, 0.4) is 0 Å². The van der Waals surface area contributed by atoms with Crippen molar-refractivity contribution in [2.24, 2.45) is 0 Å². The van der Waals surface area contributed by atoms with E-state index in [0.717, 1.165) is 0 Å². The third-order valence-electron chi connectivity index (χ3n) is 2.61. The Morgan fingerprint density at radius 3 is 2.81 bits per heavy atom. The quantitative estimate of drug-likeness (QED) is 0.584. The van der Waals surface area contributed by atoms with Crippen LogP contribution in [-0.4, -0.2) is 47.9 Å². The van der Waals surface area contributed by atoms with Gasteiger partial charge in [-0.3, -0.25) is 0 Å². The Morgan fingerprint density at radius 1 is 1.38 bits per heavy atom. The molecule has 0 fully saturated rings. The normalized spacial score (nSPS) is 13.5. The highest BCUT2D eigenvalue weighted by molar-refractivity contribution is 7.89. The van der Waals surface area contributed by atoms with E-state index in [1.54, 1.807) is 20.1 Å². The molecule has 1 aromatic rings. The molecular weight excluding hydrogens is 296 g/mol. The smallest absolute Gasteiger partial charge is 0.274 e. The highest BCUT2D eigenvalue weighted by Crippen LogP contribution is 2.14. The van der Waals surface area contributed by atoms with Crippen molar-refractivity contribution in [3.05, 3.63) is 17.9 Å². The molecule has 0 aliphatic carbocycles. The Bertz CT molecular complexity index is 500. The van der Waals surface area contributed by atoms with Crippen LogP contribution >= 0.6 is 0 Å². The number of methoxy groups -OCH3 is 1. The molecule has 1 aromatic heterocycles. The zero-order chi connectivity index (χ0) is 15.7. The van der Waals surface area contributed by atoms with Crippen LogP contribution in [0.25, 0.3) is 0 Å². The Labute approximate surface area is 126 Å². The van der Waals surface area contributed by atoms with Crippen molar-refractivity contribution in [1.29, 1.82) is 0 Å². The Kier molecular flexibility index (Phi) is 7.91. The number of ether oxygens (including phenoxy) is 2. The van der Waals surface area contributed by atoms with Crippen LogP contribution in [0.4, 0.5) is 0 Å². The molecule has 1 rings (SSSR count). The zero-order valence-corrected chi connectivity index (χ0v) is 13.5. The molecule has 7 nitrogen and oxygen atoms in total. The predicted octanol–water partition coefficient (Wildman–Crippen LogP) is 0.719. The SMILES string of the molecule is CCOCC(C)NS(=O)(=O)c1ccc(CNCCOC)o1. The molecule has 1 atom stereocenters. The number of hydrogen-bond acceptors (Lipinski definition) is 6. The fraction of sp³-hybridized carbons (Fsp3) is 0.692. The first-order valence-electron chi connectivity index (χ1n) is 6.88. The standard InChI is InChI=1S/C13H24N2O5S/c1-4-19-10-11(2)15-21(16,17)13-6-5-12(20-13)9-14-7-8-18-3/h5-6,11,14-15H,4,7-10H2,1-3H3. The molecule has 1 heterocycles. The van der Waals surface area contributed by atoms with Gasteiger partial charge in [-0.25, -0.2) is 13.1 Å². The van der Waals surface area contributed by atoms with Gasteiger partial charge in [0, 0.05) is 26.3 Å². The summed E-state index contributed by atoms with van der Waals surface area (Å²) < 4.78 is 42.1. The molecule has 0 aromatic carbocycles. The summed E-state index contributed by atoms with van der Waals surface area (Å²) in [5.74, 6) is 0.559. The van der Waals surface area contributed by atoms with Gasteiger partial charge < -0.3 is 19.2 Å². The van der Waals surface area contributed by atoms with Gasteiger partial charge in [0.15, 0.2) is 0 Å². The number of sulfonamides is 1. The van der Waals surface area contributed by atoms with Crippen molar-refractivity contribution in [1.82, 2.24) is 10.0 Å². The monoisotopic (exact) mass is 320 g/mol. The number of nitrogens with one attached hydrogen (secondary N) is 2. The van der Waals surface area contributed by atoms with Gasteiger partial charge >= 0.3 is 0 Å². The van der Waals surface area contributed by atoms with E-state index in [2.05, 4.69) is 10.0 Å².